The highest BCUT2D eigenvalue weighted by Gasteiger charge is 2.17. The maximum Gasteiger partial charge on any atom is 0.109 e. The smallest absolute Gasteiger partial charge is 0.109 e. The summed E-state index contributed by atoms with van der Waals surface area (Å²) < 4.78 is 5.69. The highest BCUT2D eigenvalue weighted by molar-refractivity contribution is 5.05. The Morgan fingerprint density at radius 1 is 1.50 bits per heavy atom. The number of hydrogen-bond donors (Lipinski definition) is 1. The second-order valence-electron chi connectivity index (χ2n) is 4.34. The fraction of sp³-hybridized carbons (Fsp3) is 0.833. The molecule has 1 rings (SSSR count). The lowest BCUT2D eigenvalue weighted by molar-refractivity contribution is 0.161. The molecule has 0 aliphatic carbocycles. The summed E-state index contributed by atoms with van der Waals surface area (Å²) >= 11 is 0. The molecule has 0 aromatic rings. The number of hydrogen-bond acceptors (Lipinski definition) is 2. The van der Waals surface area contributed by atoms with Crippen molar-refractivity contribution < 1.29 is 4.74 Å². The largest absolute Gasteiger partial charge is 0.497 e. The van der Waals surface area contributed by atoms with Crippen LogP contribution in [0.25, 0.3) is 0 Å². The summed E-state index contributed by atoms with van der Waals surface area (Å²) in [4.78, 5) is 0. The van der Waals surface area contributed by atoms with Crippen molar-refractivity contribution in [3.63, 3.8) is 0 Å². The van der Waals surface area contributed by atoms with Crippen LogP contribution in [0, 0.1) is 5.92 Å². The van der Waals surface area contributed by atoms with Gasteiger partial charge in [0.25, 0.3) is 0 Å². The van der Waals surface area contributed by atoms with E-state index >= 15 is 0 Å². The van der Waals surface area contributed by atoms with Crippen LogP contribution in [0.1, 0.15) is 40.0 Å². The quantitative estimate of drug-likeness (QED) is 0.731. The summed E-state index contributed by atoms with van der Waals surface area (Å²) in [5, 5.41) is 3.49. The lowest BCUT2D eigenvalue weighted by Crippen LogP contribution is -2.34. The molecule has 0 radical (unpaired) electrons. The van der Waals surface area contributed by atoms with Crippen LogP contribution in [0.15, 0.2) is 11.8 Å². The Kier molecular flexibility index (Phi) is 5.02. The minimum atomic E-state index is 0.431. The van der Waals surface area contributed by atoms with Crippen molar-refractivity contribution in [2.24, 2.45) is 5.92 Å². The molecule has 0 amide bonds. The predicted octanol–water partition coefficient (Wildman–Crippen LogP) is 2.70. The zero-order valence-corrected chi connectivity index (χ0v) is 9.68. The van der Waals surface area contributed by atoms with E-state index in [9.17, 15) is 0 Å². The van der Waals surface area contributed by atoms with Gasteiger partial charge in [0.2, 0.25) is 0 Å². The fourth-order valence-electron chi connectivity index (χ4n) is 1.84. The first-order chi connectivity index (χ1) is 6.74. The molecular formula is C12H23NO. The third-order valence-electron chi connectivity index (χ3n) is 2.46. The molecule has 0 saturated carbocycles. The van der Waals surface area contributed by atoms with Crippen LogP contribution < -0.4 is 5.32 Å². The number of rotatable bonds is 5. The van der Waals surface area contributed by atoms with Crippen LogP contribution in [0.3, 0.4) is 0 Å². The average Bonchev–Trinajstić information content (AvgIpc) is 2.18. The summed E-state index contributed by atoms with van der Waals surface area (Å²) in [5.74, 6) is 1.89. The van der Waals surface area contributed by atoms with Crippen LogP contribution >= 0.6 is 0 Å². The van der Waals surface area contributed by atoms with Gasteiger partial charge >= 0.3 is 0 Å². The zero-order valence-electron chi connectivity index (χ0n) is 9.68. The van der Waals surface area contributed by atoms with Crippen molar-refractivity contribution in [3.8, 4) is 0 Å². The second kappa shape index (κ2) is 6.07. The summed E-state index contributed by atoms with van der Waals surface area (Å²) in [6, 6.07) is 0.431. The highest BCUT2D eigenvalue weighted by Crippen LogP contribution is 2.18. The van der Waals surface area contributed by atoms with E-state index in [1.165, 1.54) is 25.0 Å². The van der Waals surface area contributed by atoms with E-state index < -0.39 is 0 Å². The van der Waals surface area contributed by atoms with E-state index in [2.05, 4.69) is 32.2 Å². The summed E-state index contributed by atoms with van der Waals surface area (Å²) in [6.45, 7) is 8.57. The molecule has 0 bridgehead atoms. The standard InChI is InChI=1S/C12H23NO/c1-4-13-11(9-10(2)3)12-7-5-6-8-14-12/h7,10-11,13H,4-6,8-9H2,1-3H3. The van der Waals surface area contributed by atoms with Gasteiger partial charge in [-0.2, -0.15) is 0 Å². The Labute approximate surface area is 87.7 Å². The molecule has 0 aromatic carbocycles. The number of nitrogens with one attached hydrogen (secondary N) is 1. The van der Waals surface area contributed by atoms with Crippen LogP contribution in [0.4, 0.5) is 0 Å². The van der Waals surface area contributed by atoms with Gasteiger partial charge < -0.3 is 10.1 Å². The van der Waals surface area contributed by atoms with Crippen molar-refractivity contribution in [2.75, 3.05) is 13.2 Å². The molecule has 14 heavy (non-hydrogen) atoms. The molecule has 0 saturated heterocycles. The van der Waals surface area contributed by atoms with Gasteiger partial charge in [-0.1, -0.05) is 20.8 Å². The minimum Gasteiger partial charge on any atom is -0.497 e. The number of allylic oxidation sites excluding steroid dienone is 1. The van der Waals surface area contributed by atoms with Crippen molar-refractivity contribution in [2.45, 2.75) is 46.1 Å². The topological polar surface area (TPSA) is 21.3 Å². The van der Waals surface area contributed by atoms with Crippen molar-refractivity contribution in [1.82, 2.24) is 5.32 Å². The van der Waals surface area contributed by atoms with Crippen LogP contribution in [0.2, 0.25) is 0 Å². The Bertz CT molecular complexity index is 187. The van der Waals surface area contributed by atoms with Gasteiger partial charge in [0.1, 0.15) is 5.76 Å². The fourth-order valence-corrected chi connectivity index (χ4v) is 1.84. The summed E-state index contributed by atoms with van der Waals surface area (Å²) in [5.41, 5.74) is 0. The molecule has 2 nitrogen and oxygen atoms in total. The average molecular weight is 197 g/mol. The van der Waals surface area contributed by atoms with Crippen molar-refractivity contribution >= 4 is 0 Å². The van der Waals surface area contributed by atoms with Gasteiger partial charge in [0.05, 0.1) is 12.6 Å². The highest BCUT2D eigenvalue weighted by atomic mass is 16.5. The van der Waals surface area contributed by atoms with Gasteiger partial charge in [-0.3, -0.25) is 0 Å². The molecule has 1 heterocycles. The Morgan fingerprint density at radius 3 is 2.79 bits per heavy atom. The van der Waals surface area contributed by atoms with E-state index in [0.29, 0.717) is 12.0 Å². The monoisotopic (exact) mass is 197 g/mol. The maximum atomic E-state index is 5.69. The Morgan fingerprint density at radius 2 is 2.29 bits per heavy atom. The van der Waals surface area contributed by atoms with Crippen LogP contribution in [-0.2, 0) is 4.74 Å². The zero-order chi connectivity index (χ0) is 10.4. The van der Waals surface area contributed by atoms with Crippen molar-refractivity contribution in [3.05, 3.63) is 11.8 Å². The maximum absolute atomic E-state index is 5.69. The van der Waals surface area contributed by atoms with E-state index in [4.69, 9.17) is 4.74 Å². The molecule has 0 spiro atoms. The molecule has 1 aliphatic rings. The normalized spacial score (nSPS) is 19.0. The molecule has 82 valence electrons. The number of ether oxygens (including phenoxy) is 1. The van der Waals surface area contributed by atoms with Crippen LogP contribution in [-0.4, -0.2) is 19.2 Å². The Hall–Kier alpha value is -0.500. The molecular weight excluding hydrogens is 174 g/mol. The van der Waals surface area contributed by atoms with E-state index in [-0.39, 0.29) is 0 Å². The minimum absolute atomic E-state index is 0.431. The van der Waals surface area contributed by atoms with E-state index in [0.717, 1.165) is 13.2 Å². The Balaban J connectivity index is 2.51. The van der Waals surface area contributed by atoms with Gasteiger partial charge in [-0.25, -0.2) is 0 Å². The predicted molar refractivity (Wildman–Crippen MR) is 60.2 cm³/mol. The second-order valence-corrected chi connectivity index (χ2v) is 4.34. The molecule has 1 unspecified atom stereocenters. The van der Waals surface area contributed by atoms with Crippen molar-refractivity contribution in [1.29, 1.82) is 0 Å². The SMILES string of the molecule is CCNC(CC(C)C)C1=CCCCO1. The third-order valence-corrected chi connectivity index (χ3v) is 2.46. The summed E-state index contributed by atoms with van der Waals surface area (Å²) in [7, 11) is 0. The van der Waals surface area contributed by atoms with Gasteiger partial charge in [-0.15, -0.1) is 0 Å². The molecule has 2 heteroatoms. The van der Waals surface area contributed by atoms with Crippen LogP contribution in [0.5, 0.6) is 0 Å². The molecule has 1 aliphatic heterocycles. The summed E-state index contributed by atoms with van der Waals surface area (Å²) in [6.07, 6.45) is 5.76. The first kappa shape index (κ1) is 11.6. The van der Waals surface area contributed by atoms with Gasteiger partial charge in [0.15, 0.2) is 0 Å². The van der Waals surface area contributed by atoms with Gasteiger partial charge in [-0.05, 0) is 37.8 Å². The molecule has 0 aromatic heterocycles. The third kappa shape index (κ3) is 3.70. The van der Waals surface area contributed by atoms with E-state index in [1.807, 2.05) is 0 Å². The first-order valence-corrected chi connectivity index (χ1v) is 5.80. The molecule has 0 fully saturated rings. The van der Waals surface area contributed by atoms with Gasteiger partial charge in [0, 0.05) is 0 Å². The first-order valence-electron chi connectivity index (χ1n) is 5.80. The molecule has 1 N–H and O–H groups in total. The lowest BCUT2D eigenvalue weighted by atomic mass is 10.0. The van der Waals surface area contributed by atoms with E-state index in [1.54, 1.807) is 0 Å². The lowest BCUT2D eigenvalue weighted by Gasteiger charge is -2.25. The molecule has 1 atom stereocenters. The number of likely N-dealkylation sites (N-methyl/N-ethyl adjacent to an activating group) is 1.